The number of carbonyl (C=O) groups is 1. The lowest BCUT2D eigenvalue weighted by molar-refractivity contribution is -0.131. The minimum atomic E-state index is 0.261. The molecule has 1 heterocycles. The van der Waals surface area contributed by atoms with Gasteiger partial charge in [0.2, 0.25) is 5.91 Å². The number of likely N-dealkylation sites (N-methyl/N-ethyl adjacent to an activating group) is 1. The number of hydrogen-bond acceptors (Lipinski definition) is 2. The van der Waals surface area contributed by atoms with E-state index >= 15 is 0 Å². The fraction of sp³-hybridized carbons (Fsp3) is 0.571. The molecule has 1 amide bonds. The summed E-state index contributed by atoms with van der Waals surface area (Å²) in [6.07, 6.45) is 5.13. The zero-order chi connectivity index (χ0) is 12.7. The number of hydrogen-bond donors (Lipinski definition) is 0. The van der Waals surface area contributed by atoms with Gasteiger partial charge < -0.3 is 4.90 Å². The molecule has 0 fully saturated rings. The van der Waals surface area contributed by atoms with Crippen molar-refractivity contribution in [3.63, 3.8) is 0 Å². The SMILES string of the molecule is CCN(CCc1ccncc1)C(=O)CC(C)C. The summed E-state index contributed by atoms with van der Waals surface area (Å²) >= 11 is 0. The lowest BCUT2D eigenvalue weighted by Crippen LogP contribution is -2.33. The number of pyridine rings is 1. The normalized spacial score (nSPS) is 10.6. The van der Waals surface area contributed by atoms with Gasteiger partial charge in [-0.1, -0.05) is 13.8 Å². The summed E-state index contributed by atoms with van der Waals surface area (Å²) in [6.45, 7) is 7.77. The second-order valence-electron chi connectivity index (χ2n) is 4.68. The molecule has 0 unspecified atom stereocenters. The third-order valence-corrected chi connectivity index (χ3v) is 2.74. The molecule has 17 heavy (non-hydrogen) atoms. The predicted molar refractivity (Wildman–Crippen MR) is 69.7 cm³/mol. The second kappa shape index (κ2) is 7.05. The molecular weight excluding hydrogens is 212 g/mol. The maximum Gasteiger partial charge on any atom is 0.222 e. The Morgan fingerprint density at radius 3 is 2.53 bits per heavy atom. The van der Waals surface area contributed by atoms with Crippen molar-refractivity contribution in [2.45, 2.75) is 33.6 Å². The van der Waals surface area contributed by atoms with Crippen molar-refractivity contribution < 1.29 is 4.79 Å². The van der Waals surface area contributed by atoms with Crippen molar-refractivity contribution in [3.05, 3.63) is 30.1 Å². The van der Waals surface area contributed by atoms with Crippen LogP contribution >= 0.6 is 0 Å². The zero-order valence-electron chi connectivity index (χ0n) is 11.0. The van der Waals surface area contributed by atoms with Gasteiger partial charge in [-0.25, -0.2) is 0 Å². The molecule has 0 saturated carbocycles. The van der Waals surface area contributed by atoms with Crippen LogP contribution in [0, 0.1) is 5.92 Å². The Morgan fingerprint density at radius 2 is 2.00 bits per heavy atom. The predicted octanol–water partition coefficient (Wildman–Crippen LogP) is 2.52. The van der Waals surface area contributed by atoms with E-state index in [1.807, 2.05) is 24.0 Å². The monoisotopic (exact) mass is 234 g/mol. The Hall–Kier alpha value is -1.38. The minimum Gasteiger partial charge on any atom is -0.343 e. The topological polar surface area (TPSA) is 33.2 Å². The van der Waals surface area contributed by atoms with Gasteiger partial charge in [0.15, 0.2) is 0 Å². The van der Waals surface area contributed by atoms with Gasteiger partial charge in [-0.15, -0.1) is 0 Å². The largest absolute Gasteiger partial charge is 0.343 e. The molecule has 0 aliphatic carbocycles. The van der Waals surface area contributed by atoms with Crippen LogP contribution in [-0.4, -0.2) is 28.9 Å². The number of nitrogens with zero attached hydrogens (tertiary/aromatic N) is 2. The van der Waals surface area contributed by atoms with Crippen LogP contribution < -0.4 is 0 Å². The van der Waals surface area contributed by atoms with Crippen LogP contribution in [0.25, 0.3) is 0 Å². The standard InChI is InChI=1S/C14H22N2O/c1-4-16(14(17)11-12(2)3)10-7-13-5-8-15-9-6-13/h5-6,8-9,12H,4,7,10-11H2,1-3H3. The molecule has 0 atom stereocenters. The Balaban J connectivity index is 2.45. The molecule has 0 aliphatic rings. The Labute approximate surface area is 104 Å². The van der Waals surface area contributed by atoms with Crippen LogP contribution in [0.4, 0.5) is 0 Å². The summed E-state index contributed by atoms with van der Waals surface area (Å²) in [7, 11) is 0. The van der Waals surface area contributed by atoms with Gasteiger partial charge in [0.05, 0.1) is 0 Å². The van der Waals surface area contributed by atoms with E-state index in [2.05, 4.69) is 18.8 Å². The van der Waals surface area contributed by atoms with E-state index in [4.69, 9.17) is 0 Å². The molecule has 1 aromatic rings. The van der Waals surface area contributed by atoms with E-state index in [1.54, 1.807) is 12.4 Å². The lowest BCUT2D eigenvalue weighted by atomic mass is 10.1. The van der Waals surface area contributed by atoms with Gasteiger partial charge >= 0.3 is 0 Å². The summed E-state index contributed by atoms with van der Waals surface area (Å²) in [6, 6.07) is 4.00. The molecule has 3 nitrogen and oxygen atoms in total. The zero-order valence-corrected chi connectivity index (χ0v) is 11.0. The highest BCUT2D eigenvalue weighted by Gasteiger charge is 2.12. The smallest absolute Gasteiger partial charge is 0.222 e. The number of carbonyl (C=O) groups excluding carboxylic acids is 1. The number of aromatic nitrogens is 1. The van der Waals surface area contributed by atoms with Crippen molar-refractivity contribution >= 4 is 5.91 Å². The first-order valence-electron chi connectivity index (χ1n) is 6.30. The third-order valence-electron chi connectivity index (χ3n) is 2.74. The van der Waals surface area contributed by atoms with Crippen molar-refractivity contribution in [1.82, 2.24) is 9.88 Å². The lowest BCUT2D eigenvalue weighted by Gasteiger charge is -2.21. The first-order valence-corrected chi connectivity index (χ1v) is 6.30. The molecule has 1 aromatic heterocycles. The molecule has 0 radical (unpaired) electrons. The number of rotatable bonds is 6. The van der Waals surface area contributed by atoms with Crippen LogP contribution in [-0.2, 0) is 11.2 Å². The highest BCUT2D eigenvalue weighted by Crippen LogP contribution is 2.06. The van der Waals surface area contributed by atoms with Crippen molar-refractivity contribution in [2.24, 2.45) is 5.92 Å². The highest BCUT2D eigenvalue weighted by molar-refractivity contribution is 5.76. The quantitative estimate of drug-likeness (QED) is 0.757. The van der Waals surface area contributed by atoms with Gasteiger partial charge in [-0.2, -0.15) is 0 Å². The van der Waals surface area contributed by atoms with Gasteiger partial charge in [0, 0.05) is 31.9 Å². The van der Waals surface area contributed by atoms with Gasteiger partial charge in [0.1, 0.15) is 0 Å². The van der Waals surface area contributed by atoms with Crippen LogP contribution in [0.3, 0.4) is 0 Å². The summed E-state index contributed by atoms with van der Waals surface area (Å²) in [4.78, 5) is 17.8. The van der Waals surface area contributed by atoms with E-state index < -0.39 is 0 Å². The molecule has 0 spiro atoms. The molecular formula is C14H22N2O. The van der Waals surface area contributed by atoms with Crippen LogP contribution in [0.15, 0.2) is 24.5 Å². The van der Waals surface area contributed by atoms with E-state index in [0.717, 1.165) is 19.5 Å². The molecule has 3 heteroatoms. The maximum atomic E-state index is 11.9. The molecule has 0 aromatic carbocycles. The third kappa shape index (κ3) is 4.98. The van der Waals surface area contributed by atoms with E-state index in [1.165, 1.54) is 5.56 Å². The second-order valence-corrected chi connectivity index (χ2v) is 4.68. The first kappa shape index (κ1) is 13.7. The summed E-state index contributed by atoms with van der Waals surface area (Å²) < 4.78 is 0. The molecule has 0 bridgehead atoms. The average molecular weight is 234 g/mol. The van der Waals surface area contributed by atoms with Gasteiger partial charge in [-0.3, -0.25) is 9.78 Å². The van der Waals surface area contributed by atoms with E-state index in [-0.39, 0.29) is 5.91 Å². The first-order chi connectivity index (χ1) is 8.13. The van der Waals surface area contributed by atoms with E-state index in [0.29, 0.717) is 12.3 Å². The highest BCUT2D eigenvalue weighted by atomic mass is 16.2. The van der Waals surface area contributed by atoms with Crippen molar-refractivity contribution in [3.8, 4) is 0 Å². The van der Waals surface area contributed by atoms with Crippen LogP contribution in [0.5, 0.6) is 0 Å². The van der Waals surface area contributed by atoms with Crippen LogP contribution in [0.1, 0.15) is 32.8 Å². The Kier molecular flexibility index (Phi) is 5.67. The van der Waals surface area contributed by atoms with E-state index in [9.17, 15) is 4.79 Å². The molecule has 94 valence electrons. The summed E-state index contributed by atoms with van der Waals surface area (Å²) in [5.41, 5.74) is 1.23. The number of amides is 1. The van der Waals surface area contributed by atoms with Crippen molar-refractivity contribution in [2.75, 3.05) is 13.1 Å². The fourth-order valence-corrected chi connectivity index (χ4v) is 1.75. The Bertz CT molecular complexity index is 335. The molecule has 1 rings (SSSR count). The molecule has 0 aliphatic heterocycles. The van der Waals surface area contributed by atoms with Crippen molar-refractivity contribution in [1.29, 1.82) is 0 Å². The Morgan fingerprint density at radius 1 is 1.35 bits per heavy atom. The van der Waals surface area contributed by atoms with Gasteiger partial charge in [-0.05, 0) is 37.0 Å². The average Bonchev–Trinajstić information content (AvgIpc) is 2.30. The summed E-state index contributed by atoms with van der Waals surface area (Å²) in [5.74, 6) is 0.689. The van der Waals surface area contributed by atoms with Crippen LogP contribution in [0.2, 0.25) is 0 Å². The maximum absolute atomic E-state index is 11.9. The molecule has 0 saturated heterocycles. The molecule has 0 N–H and O–H groups in total. The van der Waals surface area contributed by atoms with Gasteiger partial charge in [0.25, 0.3) is 0 Å². The fourth-order valence-electron chi connectivity index (χ4n) is 1.75. The summed E-state index contributed by atoms with van der Waals surface area (Å²) in [5, 5.41) is 0. The minimum absolute atomic E-state index is 0.261.